The summed E-state index contributed by atoms with van der Waals surface area (Å²) < 4.78 is 84.5. The second kappa shape index (κ2) is 18.3. The van der Waals surface area contributed by atoms with Crippen molar-refractivity contribution in [1.29, 1.82) is 0 Å². The topological polar surface area (TPSA) is 175 Å². The van der Waals surface area contributed by atoms with Crippen LogP contribution in [0.5, 0.6) is 23.0 Å². The van der Waals surface area contributed by atoms with Crippen LogP contribution in [0.2, 0.25) is 0 Å². The van der Waals surface area contributed by atoms with Gasteiger partial charge in [-0.2, -0.15) is 13.2 Å². The zero-order valence-electron chi connectivity index (χ0n) is 30.8. The Morgan fingerprint density at radius 3 is 2.24 bits per heavy atom. The van der Waals surface area contributed by atoms with Gasteiger partial charge in [0, 0.05) is 61.9 Å². The van der Waals surface area contributed by atoms with Crippen molar-refractivity contribution in [3.05, 3.63) is 54.0 Å². The highest BCUT2D eigenvalue weighted by molar-refractivity contribution is 7.90. The number of oxazole rings is 1. The predicted molar refractivity (Wildman–Crippen MR) is 195 cm³/mol. The summed E-state index contributed by atoms with van der Waals surface area (Å²) in [6, 6.07) is 11.4. The van der Waals surface area contributed by atoms with Gasteiger partial charge in [0.15, 0.2) is 23.1 Å². The maximum Gasteiger partial charge on any atom is 0.490 e. The summed E-state index contributed by atoms with van der Waals surface area (Å²) in [4.78, 5) is 25.1. The molecule has 2 aromatic carbocycles. The fraction of sp³-hybridized carbons (Fsp3) is 0.444. The van der Waals surface area contributed by atoms with Gasteiger partial charge in [0.1, 0.15) is 33.1 Å². The van der Waals surface area contributed by atoms with E-state index in [1.807, 2.05) is 37.3 Å². The van der Waals surface area contributed by atoms with Crippen molar-refractivity contribution in [2.75, 3.05) is 58.3 Å². The number of carboxylic acid groups (broad SMARTS) is 1. The number of alkyl halides is 3. The molecule has 18 heteroatoms. The molecule has 0 amide bonds. The van der Waals surface area contributed by atoms with Gasteiger partial charge in [0.2, 0.25) is 11.7 Å². The number of aliphatic carboxylic acids is 1. The first-order valence-corrected chi connectivity index (χ1v) is 19.0. The summed E-state index contributed by atoms with van der Waals surface area (Å²) >= 11 is 0. The number of rotatable bonds is 14. The molecule has 0 saturated carbocycles. The van der Waals surface area contributed by atoms with Crippen LogP contribution in [-0.4, -0.2) is 105 Å². The highest BCUT2D eigenvalue weighted by Gasteiger charge is 2.38. The van der Waals surface area contributed by atoms with Crippen molar-refractivity contribution in [3.63, 3.8) is 0 Å². The van der Waals surface area contributed by atoms with Crippen LogP contribution >= 0.6 is 0 Å². The molecule has 1 aliphatic rings. The Morgan fingerprint density at radius 1 is 1.04 bits per heavy atom. The van der Waals surface area contributed by atoms with Crippen LogP contribution in [0.15, 0.2) is 47.0 Å². The van der Waals surface area contributed by atoms with Gasteiger partial charge in [-0.05, 0) is 56.0 Å². The third kappa shape index (κ3) is 11.7. The van der Waals surface area contributed by atoms with Crippen molar-refractivity contribution in [3.8, 4) is 45.7 Å². The Hall–Kier alpha value is -5.10. The molecule has 1 saturated heterocycles. The van der Waals surface area contributed by atoms with Gasteiger partial charge in [0.05, 0.1) is 27.1 Å². The lowest BCUT2D eigenvalue weighted by atomic mass is 10.1. The molecule has 0 unspecified atom stereocenters. The van der Waals surface area contributed by atoms with Crippen LogP contribution in [0.3, 0.4) is 0 Å². The number of aryl methyl sites for hydroxylation is 2. The Kier molecular flexibility index (Phi) is 14.1. The first kappa shape index (κ1) is 41.7. The van der Waals surface area contributed by atoms with E-state index in [2.05, 4.69) is 22.1 Å². The van der Waals surface area contributed by atoms with Crippen molar-refractivity contribution in [2.24, 2.45) is 0 Å². The van der Waals surface area contributed by atoms with Crippen LogP contribution < -0.4 is 24.3 Å². The number of likely N-dealkylation sites (tertiary alicyclic amines) is 1. The molecule has 2 aromatic heterocycles. The maximum atomic E-state index is 11.6. The van der Waals surface area contributed by atoms with Crippen molar-refractivity contribution in [2.45, 2.75) is 51.8 Å². The number of carboxylic acids is 1. The van der Waals surface area contributed by atoms with Gasteiger partial charge in [0.25, 0.3) is 0 Å². The van der Waals surface area contributed by atoms with Crippen LogP contribution in [-0.2, 0) is 21.1 Å². The minimum atomic E-state index is -5.08. The smallest absolute Gasteiger partial charge is 0.490 e. The number of ether oxygens (including phenoxy) is 4. The quantitative estimate of drug-likeness (QED) is 0.145. The van der Waals surface area contributed by atoms with E-state index in [4.69, 9.17) is 43.2 Å². The molecule has 1 aliphatic heterocycles. The van der Waals surface area contributed by atoms with Crippen LogP contribution in [0, 0.1) is 6.92 Å². The number of piperidine rings is 1. The molecule has 0 aliphatic carbocycles. The molecule has 14 nitrogen and oxygen atoms in total. The average molecular weight is 780 g/mol. The molecule has 0 atom stereocenters. The lowest BCUT2D eigenvalue weighted by Gasteiger charge is -2.32. The second-order valence-corrected chi connectivity index (χ2v) is 14.7. The highest BCUT2D eigenvalue weighted by Crippen LogP contribution is 2.42. The molecule has 5 rings (SSSR count). The number of benzene rings is 2. The molecule has 0 spiro atoms. The first-order chi connectivity index (χ1) is 25.5. The number of methoxy groups -OCH3 is 3. The maximum absolute atomic E-state index is 11.6. The van der Waals surface area contributed by atoms with Gasteiger partial charge in [-0.1, -0.05) is 6.92 Å². The SMILES string of the molecule is CCCc1nc(-c2cc(C)cc(OC)c2)c(-c2ccnc(Nc3cc(OC)c(OC4CCN(CCS(C)(=O)=O)CC4)c(OC)c3)n2)o1.O=C(O)C(F)(F)F. The molecule has 54 heavy (non-hydrogen) atoms. The van der Waals surface area contributed by atoms with E-state index in [9.17, 15) is 21.6 Å². The van der Waals surface area contributed by atoms with Gasteiger partial charge >= 0.3 is 12.1 Å². The summed E-state index contributed by atoms with van der Waals surface area (Å²) in [5.41, 5.74) is 3.83. The predicted octanol–water partition coefficient (Wildman–Crippen LogP) is 6.35. The van der Waals surface area contributed by atoms with Crippen molar-refractivity contribution >= 4 is 27.4 Å². The van der Waals surface area contributed by atoms with Crippen molar-refractivity contribution in [1.82, 2.24) is 19.9 Å². The lowest BCUT2D eigenvalue weighted by Crippen LogP contribution is -2.40. The third-order valence-corrected chi connectivity index (χ3v) is 9.06. The largest absolute Gasteiger partial charge is 0.497 e. The Balaban J connectivity index is 0.000000845. The molecule has 294 valence electrons. The number of nitrogens with zero attached hydrogens (tertiary/aromatic N) is 4. The van der Waals surface area contributed by atoms with Gasteiger partial charge in [-0.15, -0.1) is 0 Å². The standard InChI is InChI=1S/C34H43N5O7S.C2HF3O2/c1-7-8-30-38-31(23-17-22(2)18-26(19-23)42-3)32(46-30)27-9-12-35-34(37-27)36-24-20-28(43-4)33(29(21-24)44-5)45-25-10-13-39(14-11-25)15-16-47(6,40)41;3-2(4,5)1(6)7/h9,12,17-21,25H,7-8,10-11,13-16H2,1-6H3,(H,35,36,37);(H,6,7). The van der Waals surface area contributed by atoms with Crippen LogP contribution in [0.25, 0.3) is 22.7 Å². The number of aromatic nitrogens is 3. The summed E-state index contributed by atoms with van der Waals surface area (Å²) in [7, 11) is 1.80. The monoisotopic (exact) mass is 779 g/mol. The summed E-state index contributed by atoms with van der Waals surface area (Å²) in [6.45, 7) is 6.13. The molecule has 0 bridgehead atoms. The minimum absolute atomic E-state index is 0.0619. The number of hydrogen-bond acceptors (Lipinski definition) is 13. The first-order valence-electron chi connectivity index (χ1n) is 16.9. The summed E-state index contributed by atoms with van der Waals surface area (Å²) in [5.74, 6) is 1.17. The summed E-state index contributed by atoms with van der Waals surface area (Å²) in [5, 5.41) is 10.4. The Labute approximate surface area is 311 Å². The number of halogens is 3. The molecule has 2 N–H and O–H groups in total. The van der Waals surface area contributed by atoms with Crippen LogP contribution in [0.1, 0.15) is 37.6 Å². The molecular weight excluding hydrogens is 735 g/mol. The van der Waals surface area contributed by atoms with Crippen LogP contribution in [0.4, 0.5) is 24.8 Å². The number of sulfone groups is 1. The van der Waals surface area contributed by atoms with E-state index >= 15 is 0 Å². The van der Waals surface area contributed by atoms with Gasteiger partial charge in [-0.3, -0.25) is 0 Å². The Morgan fingerprint density at radius 2 is 1.69 bits per heavy atom. The van der Waals surface area contributed by atoms with Crippen molar-refractivity contribution < 1.29 is 54.9 Å². The van der Waals surface area contributed by atoms with E-state index in [0.717, 1.165) is 49.2 Å². The fourth-order valence-corrected chi connectivity index (χ4v) is 6.10. The molecule has 4 aromatic rings. The number of hydrogen-bond donors (Lipinski definition) is 2. The second-order valence-electron chi connectivity index (χ2n) is 12.5. The molecule has 1 fully saturated rings. The molecule has 0 radical (unpaired) electrons. The van der Waals surface area contributed by atoms with E-state index in [0.29, 0.717) is 64.9 Å². The Bertz CT molecular complexity index is 1970. The van der Waals surface area contributed by atoms with Gasteiger partial charge in [-0.25, -0.2) is 28.2 Å². The molecule has 3 heterocycles. The number of nitrogens with one attached hydrogen (secondary N) is 1. The number of anilines is 2. The van der Waals surface area contributed by atoms with E-state index < -0.39 is 22.0 Å². The minimum Gasteiger partial charge on any atom is -0.497 e. The van der Waals surface area contributed by atoms with Gasteiger partial charge < -0.3 is 38.7 Å². The zero-order chi connectivity index (χ0) is 39.6. The van der Waals surface area contributed by atoms with E-state index in [1.54, 1.807) is 33.6 Å². The fourth-order valence-electron chi connectivity index (χ4n) is 5.51. The zero-order valence-corrected chi connectivity index (χ0v) is 31.6. The lowest BCUT2D eigenvalue weighted by molar-refractivity contribution is -0.192. The highest BCUT2D eigenvalue weighted by atomic mass is 32.2. The van der Waals surface area contributed by atoms with E-state index in [1.165, 1.54) is 6.26 Å². The summed E-state index contributed by atoms with van der Waals surface area (Å²) in [6.07, 6.45) is 0.895. The average Bonchev–Trinajstić information content (AvgIpc) is 3.55. The molecular formula is C36H44F3N5O9S. The van der Waals surface area contributed by atoms with E-state index in [-0.39, 0.29) is 11.9 Å². The number of carbonyl (C=O) groups is 1. The normalized spacial score (nSPS) is 13.8. The third-order valence-electron chi connectivity index (χ3n) is 8.14.